The molecule has 3 N–H and O–H groups in total. The van der Waals surface area contributed by atoms with Crippen LogP contribution in [0.1, 0.15) is 29.8 Å². The van der Waals surface area contributed by atoms with Gasteiger partial charge in [-0.2, -0.15) is 0 Å². The molecule has 7 heteroatoms. The standard InChI is InChI=1S/C18H27N5O2/c1-13(2)10-21-18(19-3)22-11-14-4-6-15(7-5-14)17(25)23-9-8-20-16(24)12-23/h4-7,13H,8-12H2,1-3H3,(H,20,24)(H2,19,21,22). The predicted molar refractivity (Wildman–Crippen MR) is 98.4 cm³/mol. The van der Waals surface area contributed by atoms with Crippen molar-refractivity contribution in [3.63, 3.8) is 0 Å². The van der Waals surface area contributed by atoms with Gasteiger partial charge in [-0.25, -0.2) is 0 Å². The van der Waals surface area contributed by atoms with Crippen LogP contribution in [0.3, 0.4) is 0 Å². The summed E-state index contributed by atoms with van der Waals surface area (Å²) in [5.74, 6) is 1.08. The molecule has 1 aliphatic heterocycles. The summed E-state index contributed by atoms with van der Waals surface area (Å²) in [6.45, 7) is 6.94. The Hall–Kier alpha value is -2.57. The van der Waals surface area contributed by atoms with Crippen LogP contribution in [0.15, 0.2) is 29.3 Å². The molecule has 2 rings (SSSR count). The van der Waals surface area contributed by atoms with Crippen LogP contribution in [0, 0.1) is 5.92 Å². The van der Waals surface area contributed by atoms with Gasteiger partial charge in [-0.05, 0) is 23.6 Å². The van der Waals surface area contributed by atoms with Crippen LogP contribution >= 0.6 is 0 Å². The van der Waals surface area contributed by atoms with Crippen LogP contribution in [0.4, 0.5) is 0 Å². The summed E-state index contributed by atoms with van der Waals surface area (Å²) >= 11 is 0. The minimum absolute atomic E-state index is 0.108. The smallest absolute Gasteiger partial charge is 0.254 e. The lowest BCUT2D eigenvalue weighted by Crippen LogP contribution is -2.49. The zero-order valence-electron chi connectivity index (χ0n) is 15.1. The quantitative estimate of drug-likeness (QED) is 0.538. The maximum atomic E-state index is 12.4. The minimum atomic E-state index is -0.110. The molecule has 1 aromatic carbocycles. The van der Waals surface area contributed by atoms with Crippen molar-refractivity contribution in [3.8, 4) is 0 Å². The van der Waals surface area contributed by atoms with E-state index in [1.165, 1.54) is 0 Å². The lowest BCUT2D eigenvalue weighted by Gasteiger charge is -2.26. The van der Waals surface area contributed by atoms with Crippen molar-refractivity contribution in [1.29, 1.82) is 0 Å². The molecule has 1 aliphatic rings. The fourth-order valence-corrected chi connectivity index (χ4v) is 2.47. The van der Waals surface area contributed by atoms with E-state index in [1.54, 1.807) is 24.1 Å². The van der Waals surface area contributed by atoms with E-state index in [1.807, 2.05) is 12.1 Å². The van der Waals surface area contributed by atoms with Crippen LogP contribution in [-0.2, 0) is 11.3 Å². The molecule has 0 radical (unpaired) electrons. The molecular weight excluding hydrogens is 318 g/mol. The summed E-state index contributed by atoms with van der Waals surface area (Å²) in [5.41, 5.74) is 1.65. The number of nitrogens with one attached hydrogen (secondary N) is 3. The number of hydrogen-bond acceptors (Lipinski definition) is 3. The van der Waals surface area contributed by atoms with Gasteiger partial charge in [0.2, 0.25) is 5.91 Å². The molecule has 7 nitrogen and oxygen atoms in total. The highest BCUT2D eigenvalue weighted by Crippen LogP contribution is 2.09. The maximum Gasteiger partial charge on any atom is 0.254 e. The van der Waals surface area contributed by atoms with Crippen LogP contribution in [0.2, 0.25) is 0 Å². The summed E-state index contributed by atoms with van der Waals surface area (Å²) in [4.78, 5) is 29.6. The van der Waals surface area contributed by atoms with Gasteiger partial charge in [0.15, 0.2) is 5.96 Å². The van der Waals surface area contributed by atoms with Gasteiger partial charge >= 0.3 is 0 Å². The largest absolute Gasteiger partial charge is 0.356 e. The van der Waals surface area contributed by atoms with Crippen molar-refractivity contribution in [2.75, 3.05) is 33.2 Å². The van der Waals surface area contributed by atoms with Crippen LogP contribution in [-0.4, -0.2) is 55.9 Å². The van der Waals surface area contributed by atoms with Gasteiger partial charge in [0.25, 0.3) is 5.91 Å². The fourth-order valence-electron chi connectivity index (χ4n) is 2.47. The van der Waals surface area contributed by atoms with Crippen LogP contribution in [0.5, 0.6) is 0 Å². The molecule has 0 aliphatic carbocycles. The van der Waals surface area contributed by atoms with Crippen LogP contribution in [0.25, 0.3) is 0 Å². The van der Waals surface area contributed by atoms with Gasteiger partial charge in [0.1, 0.15) is 0 Å². The molecule has 1 aromatic rings. The first-order valence-corrected chi connectivity index (χ1v) is 8.59. The number of amides is 2. The second-order valence-corrected chi connectivity index (χ2v) is 6.47. The highest BCUT2D eigenvalue weighted by atomic mass is 16.2. The van der Waals surface area contributed by atoms with E-state index in [2.05, 4.69) is 34.8 Å². The first-order chi connectivity index (χ1) is 12.0. The van der Waals surface area contributed by atoms with Gasteiger partial charge in [-0.15, -0.1) is 0 Å². The molecule has 1 saturated heterocycles. The number of aliphatic imine (C=N–C) groups is 1. The Labute approximate surface area is 148 Å². The average molecular weight is 345 g/mol. The normalized spacial score (nSPS) is 15.1. The van der Waals surface area contributed by atoms with Crippen molar-refractivity contribution in [3.05, 3.63) is 35.4 Å². The monoisotopic (exact) mass is 345 g/mol. The van der Waals surface area contributed by atoms with Gasteiger partial charge in [-0.1, -0.05) is 26.0 Å². The third-order valence-corrected chi connectivity index (χ3v) is 3.89. The van der Waals surface area contributed by atoms with E-state index in [4.69, 9.17) is 0 Å². The van der Waals surface area contributed by atoms with E-state index in [0.717, 1.165) is 18.1 Å². The van der Waals surface area contributed by atoms with Crippen LogP contribution < -0.4 is 16.0 Å². The molecule has 0 aromatic heterocycles. The molecule has 2 amide bonds. The number of rotatable bonds is 5. The number of piperazine rings is 1. The number of benzene rings is 1. The summed E-state index contributed by atoms with van der Waals surface area (Å²) in [6.07, 6.45) is 0. The van der Waals surface area contributed by atoms with Gasteiger partial charge in [-0.3, -0.25) is 14.6 Å². The van der Waals surface area contributed by atoms with E-state index >= 15 is 0 Å². The Morgan fingerprint density at radius 1 is 1.28 bits per heavy atom. The minimum Gasteiger partial charge on any atom is -0.356 e. The predicted octanol–water partition coefficient (Wildman–Crippen LogP) is 0.580. The average Bonchev–Trinajstić information content (AvgIpc) is 2.61. The second kappa shape index (κ2) is 9.05. The number of guanidine groups is 1. The molecule has 0 bridgehead atoms. The summed E-state index contributed by atoms with van der Waals surface area (Å²) in [7, 11) is 1.74. The van der Waals surface area contributed by atoms with Crippen molar-refractivity contribution < 1.29 is 9.59 Å². The summed E-state index contributed by atoms with van der Waals surface area (Å²) < 4.78 is 0. The molecule has 25 heavy (non-hydrogen) atoms. The highest BCUT2D eigenvalue weighted by molar-refractivity contribution is 5.97. The summed E-state index contributed by atoms with van der Waals surface area (Å²) in [5, 5.41) is 9.22. The number of carbonyl (C=O) groups excluding carboxylic acids is 2. The lowest BCUT2D eigenvalue weighted by molar-refractivity contribution is -0.123. The van der Waals surface area contributed by atoms with E-state index < -0.39 is 0 Å². The third-order valence-electron chi connectivity index (χ3n) is 3.89. The Bertz CT molecular complexity index is 625. The first-order valence-electron chi connectivity index (χ1n) is 8.59. The first kappa shape index (κ1) is 18.8. The second-order valence-electron chi connectivity index (χ2n) is 6.47. The van der Waals surface area contributed by atoms with Crippen molar-refractivity contribution in [2.24, 2.45) is 10.9 Å². The molecule has 0 unspecified atom stereocenters. The fraction of sp³-hybridized carbons (Fsp3) is 0.500. The lowest BCUT2D eigenvalue weighted by atomic mass is 10.1. The number of nitrogens with zero attached hydrogens (tertiary/aromatic N) is 2. The molecule has 1 heterocycles. The topological polar surface area (TPSA) is 85.8 Å². The zero-order chi connectivity index (χ0) is 18.2. The zero-order valence-corrected chi connectivity index (χ0v) is 15.1. The Kier molecular flexibility index (Phi) is 6.80. The Balaban J connectivity index is 1.88. The third kappa shape index (κ3) is 5.77. The Morgan fingerprint density at radius 3 is 2.60 bits per heavy atom. The van der Waals surface area contributed by atoms with Crippen molar-refractivity contribution in [2.45, 2.75) is 20.4 Å². The molecule has 136 valence electrons. The number of carbonyl (C=O) groups is 2. The summed E-state index contributed by atoms with van der Waals surface area (Å²) in [6, 6.07) is 7.44. The molecular formula is C18H27N5O2. The van der Waals surface area contributed by atoms with E-state index in [9.17, 15) is 9.59 Å². The van der Waals surface area contributed by atoms with Gasteiger partial charge < -0.3 is 20.9 Å². The SMILES string of the molecule is CN=C(NCc1ccc(C(=O)N2CCNC(=O)C2)cc1)NCC(C)C. The van der Waals surface area contributed by atoms with E-state index in [0.29, 0.717) is 31.1 Å². The molecule has 0 saturated carbocycles. The molecule has 1 fully saturated rings. The van der Waals surface area contributed by atoms with Crippen molar-refractivity contribution >= 4 is 17.8 Å². The molecule has 0 spiro atoms. The number of hydrogen-bond donors (Lipinski definition) is 3. The molecule has 0 atom stereocenters. The Morgan fingerprint density at radius 2 is 2.00 bits per heavy atom. The van der Waals surface area contributed by atoms with Crippen molar-refractivity contribution in [1.82, 2.24) is 20.9 Å². The highest BCUT2D eigenvalue weighted by Gasteiger charge is 2.21. The van der Waals surface area contributed by atoms with Gasteiger partial charge in [0.05, 0.1) is 6.54 Å². The van der Waals surface area contributed by atoms with Gasteiger partial charge in [0, 0.05) is 38.8 Å². The maximum absolute atomic E-state index is 12.4. The van der Waals surface area contributed by atoms with E-state index in [-0.39, 0.29) is 18.4 Å².